The standard InChI is InChI=1S/C47H39N/c1-5-32(6-2)36-26-29-40(30-36)48(38-15-8-7-9-16-38)39-27-24-34(25-28-39)33-20-22-35(23-21-33)45-41-17-11-10-14-37(41)31-44-46(45)42-18-12-13-19-43(42)47(44,3)4/h5,7-29,31H,6H2,1-4H3/b32-5+. The number of hydrogen-bond donors (Lipinski definition) is 0. The third-order valence-corrected chi connectivity index (χ3v) is 10.2. The molecule has 232 valence electrons. The van der Waals surface area contributed by atoms with Crippen LogP contribution in [0.5, 0.6) is 0 Å². The average Bonchev–Trinajstić information content (AvgIpc) is 3.69. The highest BCUT2D eigenvalue weighted by Gasteiger charge is 2.37. The monoisotopic (exact) mass is 617 g/mol. The Morgan fingerprint density at radius 1 is 0.646 bits per heavy atom. The number of fused-ring (bicyclic) bond motifs is 4. The van der Waals surface area contributed by atoms with Crippen molar-refractivity contribution in [3.8, 4) is 33.4 Å². The van der Waals surface area contributed by atoms with Gasteiger partial charge in [-0.25, -0.2) is 0 Å². The van der Waals surface area contributed by atoms with Crippen molar-refractivity contribution in [3.63, 3.8) is 0 Å². The van der Waals surface area contributed by atoms with Crippen molar-refractivity contribution in [3.05, 3.63) is 185 Å². The molecule has 0 N–H and O–H groups in total. The van der Waals surface area contributed by atoms with E-state index in [0.29, 0.717) is 0 Å². The maximum atomic E-state index is 3.68. The summed E-state index contributed by atoms with van der Waals surface area (Å²) in [5, 5.41) is 2.59. The Morgan fingerprint density at radius 3 is 2.00 bits per heavy atom. The molecule has 6 aromatic rings. The van der Waals surface area contributed by atoms with Crippen LogP contribution >= 0.6 is 0 Å². The maximum absolute atomic E-state index is 3.68. The Morgan fingerprint density at radius 2 is 1.27 bits per heavy atom. The molecule has 0 fully saturated rings. The molecule has 0 radical (unpaired) electrons. The van der Waals surface area contributed by atoms with Crippen LogP contribution in [0.15, 0.2) is 174 Å². The van der Waals surface area contributed by atoms with E-state index in [1.54, 1.807) is 0 Å². The third kappa shape index (κ3) is 4.87. The number of anilines is 2. The van der Waals surface area contributed by atoms with Gasteiger partial charge in [-0.1, -0.05) is 136 Å². The van der Waals surface area contributed by atoms with Crippen LogP contribution in [-0.4, -0.2) is 0 Å². The number of para-hydroxylation sites is 1. The fraction of sp³-hybridized carbons (Fsp3) is 0.128. The molecular weight excluding hydrogens is 579 g/mol. The summed E-state index contributed by atoms with van der Waals surface area (Å²) < 4.78 is 0. The smallest absolute Gasteiger partial charge is 0.0897 e. The zero-order chi connectivity index (χ0) is 32.8. The largest absolute Gasteiger partial charge is 0.304 e. The molecule has 1 heteroatoms. The Balaban J connectivity index is 1.18. The second kappa shape index (κ2) is 11.9. The number of rotatable bonds is 7. The Kier molecular flexibility index (Phi) is 7.36. The van der Waals surface area contributed by atoms with Crippen molar-refractivity contribution < 1.29 is 0 Å². The molecule has 0 bridgehead atoms. The molecule has 1 nitrogen and oxygen atoms in total. The first-order chi connectivity index (χ1) is 23.5. The van der Waals surface area contributed by atoms with Crippen molar-refractivity contribution >= 4 is 22.1 Å². The van der Waals surface area contributed by atoms with Gasteiger partial charge in [0.1, 0.15) is 0 Å². The second-order valence-electron chi connectivity index (χ2n) is 13.3. The molecule has 0 aliphatic heterocycles. The average molecular weight is 618 g/mol. The van der Waals surface area contributed by atoms with Crippen LogP contribution < -0.4 is 4.90 Å². The molecule has 48 heavy (non-hydrogen) atoms. The van der Waals surface area contributed by atoms with Crippen LogP contribution in [0, 0.1) is 0 Å². The van der Waals surface area contributed by atoms with Crippen molar-refractivity contribution in [1.82, 2.24) is 0 Å². The van der Waals surface area contributed by atoms with E-state index in [-0.39, 0.29) is 5.41 Å². The minimum atomic E-state index is -0.0489. The highest BCUT2D eigenvalue weighted by atomic mass is 15.1. The molecule has 2 aliphatic rings. The van der Waals surface area contributed by atoms with E-state index >= 15 is 0 Å². The highest BCUT2D eigenvalue weighted by molar-refractivity contribution is 6.08. The van der Waals surface area contributed by atoms with Crippen LogP contribution in [0.2, 0.25) is 0 Å². The highest BCUT2D eigenvalue weighted by Crippen LogP contribution is 2.54. The van der Waals surface area contributed by atoms with Gasteiger partial charge in [0, 0.05) is 22.4 Å². The van der Waals surface area contributed by atoms with Gasteiger partial charge in [-0.05, 0) is 117 Å². The Labute approximate surface area is 284 Å². The van der Waals surface area contributed by atoms with E-state index in [1.807, 2.05) is 0 Å². The SMILES string of the molecule is C/C=C(\CC)C1=C=C(N(c2ccccc2)c2ccc(-c3ccc(-c4c5c(cc6ccccc46)C(C)(C)c4ccccc4-5)cc3)cc2)C=C1. The van der Waals surface area contributed by atoms with Crippen LogP contribution in [0.4, 0.5) is 11.4 Å². The van der Waals surface area contributed by atoms with E-state index < -0.39 is 0 Å². The molecule has 0 aromatic heterocycles. The topological polar surface area (TPSA) is 3.24 Å². The molecule has 0 amide bonds. The van der Waals surface area contributed by atoms with E-state index in [9.17, 15) is 0 Å². The van der Waals surface area contributed by atoms with E-state index in [0.717, 1.165) is 29.1 Å². The third-order valence-electron chi connectivity index (χ3n) is 10.2. The van der Waals surface area contributed by atoms with Crippen LogP contribution in [0.3, 0.4) is 0 Å². The number of hydrogen-bond acceptors (Lipinski definition) is 1. The molecule has 8 rings (SSSR count). The fourth-order valence-corrected chi connectivity index (χ4v) is 7.70. The summed E-state index contributed by atoms with van der Waals surface area (Å²) >= 11 is 0. The molecule has 0 heterocycles. The van der Waals surface area contributed by atoms with Gasteiger partial charge < -0.3 is 4.90 Å². The molecule has 6 aromatic carbocycles. The lowest BCUT2D eigenvalue weighted by molar-refractivity contribution is 0.661. The summed E-state index contributed by atoms with van der Waals surface area (Å²) in [5.74, 6) is 0. The van der Waals surface area contributed by atoms with Gasteiger partial charge >= 0.3 is 0 Å². The summed E-state index contributed by atoms with van der Waals surface area (Å²) in [6.45, 7) is 9.03. The number of benzene rings is 6. The maximum Gasteiger partial charge on any atom is 0.0897 e. The minimum Gasteiger partial charge on any atom is -0.304 e. The van der Waals surface area contributed by atoms with Crippen molar-refractivity contribution in [2.24, 2.45) is 0 Å². The van der Waals surface area contributed by atoms with Crippen molar-refractivity contribution in [2.45, 2.75) is 39.5 Å². The van der Waals surface area contributed by atoms with Crippen molar-refractivity contribution in [2.75, 3.05) is 4.90 Å². The van der Waals surface area contributed by atoms with Crippen LogP contribution in [0.1, 0.15) is 45.2 Å². The van der Waals surface area contributed by atoms with Gasteiger partial charge in [-0.3, -0.25) is 0 Å². The summed E-state index contributed by atoms with van der Waals surface area (Å²) in [6, 6.07) is 48.9. The first-order valence-electron chi connectivity index (χ1n) is 17.0. The first-order valence-corrected chi connectivity index (χ1v) is 17.0. The Bertz CT molecular complexity index is 2310. The van der Waals surface area contributed by atoms with E-state index in [4.69, 9.17) is 0 Å². The lowest BCUT2D eigenvalue weighted by Crippen LogP contribution is -2.14. The molecule has 2 aliphatic carbocycles. The van der Waals surface area contributed by atoms with Crippen molar-refractivity contribution in [1.29, 1.82) is 0 Å². The molecule has 0 unspecified atom stereocenters. The predicted molar refractivity (Wildman–Crippen MR) is 205 cm³/mol. The summed E-state index contributed by atoms with van der Waals surface area (Å²) in [7, 11) is 0. The van der Waals surface area contributed by atoms with Gasteiger partial charge in [-0.15, -0.1) is 0 Å². The normalized spacial score (nSPS) is 14.5. The molecule has 0 spiro atoms. The molecular formula is C47H39N. The zero-order valence-electron chi connectivity index (χ0n) is 28.1. The molecule has 0 saturated heterocycles. The number of allylic oxidation sites excluding steroid dienone is 4. The summed E-state index contributed by atoms with van der Waals surface area (Å²) in [4.78, 5) is 2.29. The van der Waals surface area contributed by atoms with Gasteiger partial charge in [-0.2, -0.15) is 0 Å². The minimum absolute atomic E-state index is 0.0489. The lowest BCUT2D eigenvalue weighted by Gasteiger charge is -2.24. The van der Waals surface area contributed by atoms with Crippen LogP contribution in [-0.2, 0) is 5.41 Å². The fourth-order valence-electron chi connectivity index (χ4n) is 7.70. The first kappa shape index (κ1) is 29.8. The van der Waals surface area contributed by atoms with E-state index in [2.05, 4.69) is 190 Å². The predicted octanol–water partition coefficient (Wildman–Crippen LogP) is 13.0. The van der Waals surface area contributed by atoms with Gasteiger partial charge in [0.05, 0.1) is 5.70 Å². The molecule has 0 atom stereocenters. The molecule has 0 saturated carbocycles. The number of nitrogens with zero attached hydrogens (tertiary/aromatic N) is 1. The summed E-state index contributed by atoms with van der Waals surface area (Å²) in [5.41, 5.74) is 19.9. The van der Waals surface area contributed by atoms with Gasteiger partial charge in [0.2, 0.25) is 0 Å². The van der Waals surface area contributed by atoms with Gasteiger partial charge in [0.15, 0.2) is 0 Å². The van der Waals surface area contributed by atoms with E-state index in [1.165, 1.54) is 60.9 Å². The Hall–Kier alpha value is -5.62. The van der Waals surface area contributed by atoms with Gasteiger partial charge in [0.25, 0.3) is 0 Å². The van der Waals surface area contributed by atoms with Crippen LogP contribution in [0.25, 0.3) is 44.2 Å². The lowest BCUT2D eigenvalue weighted by atomic mass is 9.80. The zero-order valence-corrected chi connectivity index (χ0v) is 28.1. The second-order valence-corrected chi connectivity index (χ2v) is 13.3. The summed E-state index contributed by atoms with van der Waals surface area (Å²) in [6.07, 6.45) is 7.54. The quantitative estimate of drug-likeness (QED) is 0.161.